The molecule has 2 amide bonds. The maximum Gasteiger partial charge on any atom is 0.241 e. The van der Waals surface area contributed by atoms with Gasteiger partial charge in [0.1, 0.15) is 5.41 Å². The number of nitrogens with zero attached hydrogens (tertiary/aromatic N) is 1. The summed E-state index contributed by atoms with van der Waals surface area (Å²) in [5.41, 5.74) is 0.0954. The number of rotatable bonds is 1. The molecular weight excluding hydrogens is 268 g/mol. The van der Waals surface area contributed by atoms with Gasteiger partial charge in [0.2, 0.25) is 11.8 Å². The second-order valence-electron chi connectivity index (χ2n) is 6.25. The zero-order chi connectivity index (χ0) is 14.6. The molecule has 1 spiro atoms. The summed E-state index contributed by atoms with van der Waals surface area (Å²) in [6, 6.07) is 9.75. The fourth-order valence-corrected chi connectivity index (χ4v) is 3.95. The van der Waals surface area contributed by atoms with E-state index in [0.29, 0.717) is 19.6 Å². The highest BCUT2D eigenvalue weighted by atomic mass is 16.5. The van der Waals surface area contributed by atoms with Gasteiger partial charge < -0.3 is 15.0 Å². The van der Waals surface area contributed by atoms with E-state index in [0.717, 1.165) is 5.56 Å². The number of carbonyl (C=O) groups is 2. The number of hydrogen-bond donors (Lipinski definition) is 1. The van der Waals surface area contributed by atoms with Gasteiger partial charge in [-0.25, -0.2) is 0 Å². The van der Waals surface area contributed by atoms with E-state index in [1.807, 2.05) is 37.3 Å². The molecule has 3 heterocycles. The lowest BCUT2D eigenvalue weighted by Gasteiger charge is -2.27. The van der Waals surface area contributed by atoms with Crippen LogP contribution in [0.4, 0.5) is 0 Å². The summed E-state index contributed by atoms with van der Waals surface area (Å²) in [5, 5.41) is 2.85. The van der Waals surface area contributed by atoms with E-state index >= 15 is 0 Å². The molecule has 1 aromatic rings. The smallest absolute Gasteiger partial charge is 0.241 e. The number of hydrogen-bond acceptors (Lipinski definition) is 3. The zero-order valence-electron chi connectivity index (χ0n) is 11.9. The van der Waals surface area contributed by atoms with Gasteiger partial charge in [0.15, 0.2) is 6.23 Å². The molecule has 1 aromatic carbocycles. The molecule has 3 fully saturated rings. The molecule has 0 radical (unpaired) electrons. The molecule has 4 rings (SSSR count). The number of benzene rings is 1. The molecule has 3 aliphatic rings. The topological polar surface area (TPSA) is 58.6 Å². The van der Waals surface area contributed by atoms with Crippen LogP contribution in [0.15, 0.2) is 30.3 Å². The van der Waals surface area contributed by atoms with Gasteiger partial charge in [-0.1, -0.05) is 37.3 Å². The summed E-state index contributed by atoms with van der Waals surface area (Å²) < 4.78 is 5.82. The third-order valence-corrected chi connectivity index (χ3v) is 5.17. The molecule has 0 saturated carbocycles. The summed E-state index contributed by atoms with van der Waals surface area (Å²) in [7, 11) is 0. The normalized spacial score (nSPS) is 38.1. The quantitative estimate of drug-likeness (QED) is 0.786. The van der Waals surface area contributed by atoms with Crippen LogP contribution in [0.2, 0.25) is 0 Å². The van der Waals surface area contributed by atoms with Gasteiger partial charge in [-0.2, -0.15) is 0 Å². The van der Waals surface area contributed by atoms with Crippen molar-refractivity contribution in [3.63, 3.8) is 0 Å². The lowest BCUT2D eigenvalue weighted by molar-refractivity contribution is -0.149. The van der Waals surface area contributed by atoms with Crippen molar-refractivity contribution in [2.75, 3.05) is 13.2 Å². The van der Waals surface area contributed by atoms with Crippen LogP contribution >= 0.6 is 0 Å². The minimum absolute atomic E-state index is 0.00834. The lowest BCUT2D eigenvalue weighted by atomic mass is 9.76. The number of ether oxygens (including phenoxy) is 1. The van der Waals surface area contributed by atoms with Gasteiger partial charge >= 0.3 is 0 Å². The van der Waals surface area contributed by atoms with E-state index < -0.39 is 5.41 Å². The summed E-state index contributed by atoms with van der Waals surface area (Å²) in [5.74, 6) is -0.137. The van der Waals surface area contributed by atoms with Crippen molar-refractivity contribution in [1.82, 2.24) is 10.2 Å². The fraction of sp³-hybridized carbons (Fsp3) is 0.500. The Balaban J connectivity index is 1.71. The molecule has 0 aliphatic carbocycles. The first kappa shape index (κ1) is 12.8. The summed E-state index contributed by atoms with van der Waals surface area (Å²) in [6.07, 6.45) is 0.214. The third-order valence-electron chi connectivity index (χ3n) is 5.17. The molecule has 3 saturated heterocycles. The van der Waals surface area contributed by atoms with Crippen molar-refractivity contribution in [2.24, 2.45) is 11.3 Å². The average molecular weight is 286 g/mol. The second kappa shape index (κ2) is 4.31. The van der Waals surface area contributed by atoms with Crippen LogP contribution in [0.25, 0.3) is 0 Å². The SMILES string of the molecule is C[C@H]1CNC(=O)[C@]12C[C@H]1CO[C@H](c3ccccc3)N1C2=O. The van der Waals surface area contributed by atoms with E-state index in [2.05, 4.69) is 5.32 Å². The first-order chi connectivity index (χ1) is 10.1. The van der Waals surface area contributed by atoms with Gasteiger partial charge in [-0.15, -0.1) is 0 Å². The molecular formula is C16H18N2O3. The van der Waals surface area contributed by atoms with Gasteiger partial charge in [-0.3, -0.25) is 9.59 Å². The van der Waals surface area contributed by atoms with Crippen LogP contribution in [0.3, 0.4) is 0 Å². The van der Waals surface area contributed by atoms with Gasteiger partial charge in [0.25, 0.3) is 0 Å². The molecule has 5 nitrogen and oxygen atoms in total. The molecule has 110 valence electrons. The van der Waals surface area contributed by atoms with Crippen LogP contribution in [-0.4, -0.2) is 35.9 Å². The van der Waals surface area contributed by atoms with Crippen LogP contribution < -0.4 is 5.32 Å². The number of nitrogens with one attached hydrogen (secondary N) is 1. The van der Waals surface area contributed by atoms with Crippen LogP contribution in [0, 0.1) is 11.3 Å². The van der Waals surface area contributed by atoms with Gasteiger partial charge in [-0.05, 0) is 12.3 Å². The Labute approximate surface area is 123 Å². The minimum Gasteiger partial charge on any atom is -0.355 e. The largest absolute Gasteiger partial charge is 0.355 e. The molecule has 21 heavy (non-hydrogen) atoms. The monoisotopic (exact) mass is 286 g/mol. The Morgan fingerprint density at radius 1 is 1.29 bits per heavy atom. The molecule has 3 aliphatic heterocycles. The standard InChI is InChI=1S/C16H18N2O3/c1-10-8-17-14(19)16(10)7-12-9-21-13(18(12)15(16)20)11-5-3-2-4-6-11/h2-6,10,12-13H,7-9H2,1H3,(H,17,19)/t10-,12-,13+,16-/m0/s1. The highest BCUT2D eigenvalue weighted by molar-refractivity contribution is 6.08. The van der Waals surface area contributed by atoms with Crippen molar-refractivity contribution in [1.29, 1.82) is 0 Å². The molecule has 4 atom stereocenters. The Morgan fingerprint density at radius 2 is 2.05 bits per heavy atom. The maximum absolute atomic E-state index is 13.0. The average Bonchev–Trinajstić information content (AvgIpc) is 3.12. The Kier molecular flexibility index (Phi) is 2.63. The summed E-state index contributed by atoms with van der Waals surface area (Å²) >= 11 is 0. The second-order valence-corrected chi connectivity index (χ2v) is 6.25. The molecule has 1 N–H and O–H groups in total. The lowest BCUT2D eigenvalue weighted by Crippen LogP contribution is -2.43. The van der Waals surface area contributed by atoms with Crippen molar-refractivity contribution in [2.45, 2.75) is 25.6 Å². The number of amides is 2. The Hall–Kier alpha value is -1.88. The Morgan fingerprint density at radius 3 is 2.71 bits per heavy atom. The third kappa shape index (κ3) is 1.55. The van der Waals surface area contributed by atoms with Crippen LogP contribution in [0.5, 0.6) is 0 Å². The number of fused-ring (bicyclic) bond motifs is 1. The number of carbonyl (C=O) groups excluding carboxylic acids is 2. The first-order valence-electron chi connectivity index (χ1n) is 7.42. The highest BCUT2D eigenvalue weighted by Gasteiger charge is 2.64. The van der Waals surface area contributed by atoms with Crippen molar-refractivity contribution in [3.8, 4) is 0 Å². The summed E-state index contributed by atoms with van der Waals surface area (Å²) in [6.45, 7) is 3.07. The summed E-state index contributed by atoms with van der Waals surface area (Å²) in [4.78, 5) is 27.1. The molecule has 0 aromatic heterocycles. The van der Waals surface area contributed by atoms with Crippen LogP contribution in [0.1, 0.15) is 25.1 Å². The van der Waals surface area contributed by atoms with E-state index in [-0.39, 0.29) is 30.0 Å². The van der Waals surface area contributed by atoms with Crippen molar-refractivity contribution >= 4 is 11.8 Å². The molecule has 0 bridgehead atoms. The van der Waals surface area contributed by atoms with Gasteiger partial charge in [0, 0.05) is 12.1 Å². The van der Waals surface area contributed by atoms with Crippen LogP contribution in [-0.2, 0) is 14.3 Å². The zero-order valence-corrected chi connectivity index (χ0v) is 11.9. The van der Waals surface area contributed by atoms with Gasteiger partial charge in [0.05, 0.1) is 12.6 Å². The molecule has 5 heteroatoms. The Bertz CT molecular complexity index is 603. The predicted molar refractivity (Wildman–Crippen MR) is 75.0 cm³/mol. The fourth-order valence-electron chi connectivity index (χ4n) is 3.95. The van der Waals surface area contributed by atoms with Crippen molar-refractivity contribution in [3.05, 3.63) is 35.9 Å². The highest BCUT2D eigenvalue weighted by Crippen LogP contribution is 2.50. The molecule has 0 unspecified atom stereocenters. The first-order valence-corrected chi connectivity index (χ1v) is 7.42. The van der Waals surface area contributed by atoms with E-state index in [4.69, 9.17) is 4.74 Å². The van der Waals surface area contributed by atoms with E-state index in [1.165, 1.54) is 0 Å². The van der Waals surface area contributed by atoms with Crippen molar-refractivity contribution < 1.29 is 14.3 Å². The minimum atomic E-state index is -0.874. The van der Waals surface area contributed by atoms with E-state index in [9.17, 15) is 9.59 Å². The van der Waals surface area contributed by atoms with E-state index in [1.54, 1.807) is 4.90 Å². The predicted octanol–water partition coefficient (Wildman–Crippen LogP) is 1.07. The maximum atomic E-state index is 13.0.